The molecule has 0 aliphatic carbocycles. The molecule has 0 saturated carbocycles. The molecule has 180 valence electrons. The molecule has 2 heterocycles. The molecule has 0 aliphatic rings. The summed E-state index contributed by atoms with van der Waals surface area (Å²) in [5.74, 6) is 1.88. The van der Waals surface area contributed by atoms with Gasteiger partial charge in [0.15, 0.2) is 11.5 Å². The number of benzene rings is 2. The van der Waals surface area contributed by atoms with Gasteiger partial charge in [-0.25, -0.2) is 4.98 Å². The predicted octanol–water partition coefficient (Wildman–Crippen LogP) is 6.54. The minimum atomic E-state index is -0.292. The number of aromatic nitrogens is 1. The quantitative estimate of drug-likeness (QED) is 0.295. The maximum atomic E-state index is 13.1. The minimum Gasteiger partial charge on any atom is -0.493 e. The summed E-state index contributed by atoms with van der Waals surface area (Å²) in [7, 11) is 3.24. The summed E-state index contributed by atoms with van der Waals surface area (Å²) in [4.78, 5) is 18.9. The van der Waals surface area contributed by atoms with Crippen molar-refractivity contribution >= 4 is 28.1 Å². The van der Waals surface area contributed by atoms with Gasteiger partial charge in [-0.3, -0.25) is 4.79 Å². The Balaban J connectivity index is 1.82. The molecule has 4 aromatic rings. The maximum Gasteiger partial charge on any atom is 0.256 e. The van der Waals surface area contributed by atoms with Crippen LogP contribution >= 0.6 is 11.3 Å². The zero-order valence-electron chi connectivity index (χ0n) is 20.5. The molecule has 0 saturated heterocycles. The minimum absolute atomic E-state index is 0.146. The van der Waals surface area contributed by atoms with Crippen molar-refractivity contribution in [1.82, 2.24) is 4.98 Å². The number of methoxy groups -OCH3 is 2. The lowest BCUT2D eigenvalue weighted by Crippen LogP contribution is -2.18. The van der Waals surface area contributed by atoms with Gasteiger partial charge in [-0.2, -0.15) is 0 Å². The Morgan fingerprint density at radius 3 is 2.34 bits per heavy atom. The number of rotatable bonds is 8. The molecule has 0 unspecified atom stereocenters. The van der Waals surface area contributed by atoms with Gasteiger partial charge in [0.1, 0.15) is 10.8 Å². The second-order valence-corrected chi connectivity index (χ2v) is 9.43. The Labute approximate surface area is 210 Å². The largest absolute Gasteiger partial charge is 0.493 e. The first-order valence-corrected chi connectivity index (χ1v) is 12.1. The third-order valence-corrected chi connectivity index (χ3v) is 7.04. The summed E-state index contributed by atoms with van der Waals surface area (Å²) in [6, 6.07) is 20.7. The molecule has 2 aromatic heterocycles. The highest BCUT2D eigenvalue weighted by molar-refractivity contribution is 7.16. The van der Waals surface area contributed by atoms with E-state index in [4.69, 9.17) is 9.47 Å². The van der Waals surface area contributed by atoms with Gasteiger partial charge in [0.05, 0.1) is 20.3 Å². The summed E-state index contributed by atoms with van der Waals surface area (Å²) in [6.07, 6.45) is 0. The fourth-order valence-corrected chi connectivity index (χ4v) is 5.07. The predicted molar refractivity (Wildman–Crippen MR) is 142 cm³/mol. The Bertz CT molecular complexity index is 1330. The van der Waals surface area contributed by atoms with Gasteiger partial charge in [0.2, 0.25) is 0 Å². The van der Waals surface area contributed by atoms with Crippen molar-refractivity contribution in [3.8, 4) is 11.5 Å². The van der Waals surface area contributed by atoms with Crippen molar-refractivity contribution in [1.29, 1.82) is 0 Å². The summed E-state index contributed by atoms with van der Waals surface area (Å²) in [5.41, 5.74) is 4.59. The van der Waals surface area contributed by atoms with Crippen molar-refractivity contribution in [3.05, 3.63) is 99.6 Å². The Kier molecular flexibility index (Phi) is 7.36. The van der Waals surface area contributed by atoms with Gasteiger partial charge in [-0.1, -0.05) is 30.3 Å². The van der Waals surface area contributed by atoms with Crippen LogP contribution in [0.3, 0.4) is 0 Å². The van der Waals surface area contributed by atoms with E-state index in [2.05, 4.69) is 29.5 Å². The topological polar surface area (TPSA) is 72.5 Å². The fraction of sp³-hybridized carbons (Fsp3) is 0.214. The van der Waals surface area contributed by atoms with Gasteiger partial charge in [-0.15, -0.1) is 11.3 Å². The van der Waals surface area contributed by atoms with Crippen molar-refractivity contribution < 1.29 is 14.3 Å². The first kappa shape index (κ1) is 24.3. The monoisotopic (exact) mass is 487 g/mol. The zero-order valence-corrected chi connectivity index (χ0v) is 21.3. The zero-order chi connectivity index (χ0) is 24.9. The third-order valence-electron chi connectivity index (χ3n) is 5.91. The second-order valence-electron chi connectivity index (χ2n) is 8.20. The van der Waals surface area contributed by atoms with Crippen LogP contribution in [0.1, 0.15) is 43.7 Å². The molecule has 7 heteroatoms. The summed E-state index contributed by atoms with van der Waals surface area (Å²) < 4.78 is 11.0. The molecule has 2 aromatic carbocycles. The van der Waals surface area contributed by atoms with Gasteiger partial charge in [0, 0.05) is 21.7 Å². The number of anilines is 2. The molecule has 4 rings (SSSR count). The molecule has 2 N–H and O–H groups in total. The number of nitrogens with one attached hydrogen (secondary N) is 2. The molecule has 0 bridgehead atoms. The third kappa shape index (κ3) is 5.30. The van der Waals surface area contributed by atoms with Crippen molar-refractivity contribution in [2.75, 3.05) is 24.9 Å². The van der Waals surface area contributed by atoms with Crippen LogP contribution in [0.15, 0.2) is 66.7 Å². The highest BCUT2D eigenvalue weighted by atomic mass is 32.1. The van der Waals surface area contributed by atoms with Crippen LogP contribution in [-0.4, -0.2) is 25.1 Å². The molecular formula is C28H29N3O3S. The molecule has 6 nitrogen and oxygen atoms in total. The van der Waals surface area contributed by atoms with Gasteiger partial charge in [0.25, 0.3) is 5.91 Å². The van der Waals surface area contributed by atoms with E-state index in [1.165, 1.54) is 0 Å². The number of thiophene rings is 1. The van der Waals surface area contributed by atoms with E-state index in [1.54, 1.807) is 25.6 Å². The van der Waals surface area contributed by atoms with Gasteiger partial charge in [-0.05, 0) is 68.3 Å². The molecule has 0 spiro atoms. The van der Waals surface area contributed by atoms with Crippen LogP contribution < -0.4 is 20.1 Å². The first-order valence-electron chi connectivity index (χ1n) is 11.3. The molecule has 1 amide bonds. The van der Waals surface area contributed by atoms with Crippen LogP contribution in [0.25, 0.3) is 0 Å². The average molecular weight is 488 g/mol. The van der Waals surface area contributed by atoms with Crippen LogP contribution in [0.2, 0.25) is 0 Å². The summed E-state index contributed by atoms with van der Waals surface area (Å²) in [6.45, 7) is 6.11. The second kappa shape index (κ2) is 10.6. The molecule has 0 aliphatic heterocycles. The summed E-state index contributed by atoms with van der Waals surface area (Å²) >= 11 is 1.57. The van der Waals surface area contributed by atoms with E-state index in [-0.39, 0.29) is 11.9 Å². The number of ether oxygens (including phenoxy) is 2. The number of nitrogens with zero attached hydrogens (tertiary/aromatic N) is 1. The number of carbonyl (C=O) groups excluding carboxylic acids is 1. The van der Waals surface area contributed by atoms with Crippen molar-refractivity contribution in [2.24, 2.45) is 0 Å². The molecule has 0 fully saturated rings. The van der Waals surface area contributed by atoms with Crippen LogP contribution in [-0.2, 0) is 0 Å². The smallest absolute Gasteiger partial charge is 0.256 e. The van der Waals surface area contributed by atoms with Crippen molar-refractivity contribution in [2.45, 2.75) is 26.8 Å². The normalized spacial score (nSPS) is 11.6. The average Bonchev–Trinajstić information content (AvgIpc) is 3.15. The van der Waals surface area contributed by atoms with E-state index >= 15 is 0 Å². The molecule has 35 heavy (non-hydrogen) atoms. The van der Waals surface area contributed by atoms with E-state index < -0.39 is 0 Å². The standard InChI is InChI=1S/C28H29N3O3S/c1-17-10-9-13-24(29-17)30-26(21-14-15-22(33-4)23(16-21)34-5)25-18(2)19(3)35-28(25)31-27(32)20-11-7-6-8-12-20/h6-16,26H,1-5H3,(H,29,30)(H,31,32)/t26-/m1/s1. The Morgan fingerprint density at radius 2 is 1.66 bits per heavy atom. The highest BCUT2D eigenvalue weighted by Gasteiger charge is 2.26. The van der Waals surface area contributed by atoms with Gasteiger partial charge >= 0.3 is 0 Å². The molecule has 0 radical (unpaired) electrons. The van der Waals surface area contributed by atoms with E-state index in [1.807, 2.05) is 73.7 Å². The highest BCUT2D eigenvalue weighted by Crippen LogP contribution is 2.42. The van der Waals surface area contributed by atoms with E-state index in [0.29, 0.717) is 17.1 Å². The number of hydrogen-bond acceptors (Lipinski definition) is 6. The number of hydrogen-bond donors (Lipinski definition) is 2. The lowest BCUT2D eigenvalue weighted by atomic mass is 9.95. The first-order chi connectivity index (χ1) is 16.9. The van der Waals surface area contributed by atoms with Crippen LogP contribution in [0, 0.1) is 20.8 Å². The van der Waals surface area contributed by atoms with E-state index in [9.17, 15) is 4.79 Å². The van der Waals surface area contributed by atoms with Crippen molar-refractivity contribution in [3.63, 3.8) is 0 Å². The Morgan fingerprint density at radius 1 is 0.914 bits per heavy atom. The number of amides is 1. The molecular weight excluding hydrogens is 458 g/mol. The lowest BCUT2D eigenvalue weighted by Gasteiger charge is -2.23. The SMILES string of the molecule is COc1ccc([C@@H](Nc2cccc(C)n2)c2c(NC(=O)c3ccccc3)sc(C)c2C)cc1OC. The number of aryl methyl sites for hydroxylation is 2. The molecule has 1 atom stereocenters. The number of carbonyl (C=O) groups is 1. The van der Waals surface area contributed by atoms with Crippen LogP contribution in [0.4, 0.5) is 10.8 Å². The van der Waals surface area contributed by atoms with Crippen LogP contribution in [0.5, 0.6) is 11.5 Å². The Hall–Kier alpha value is -3.84. The van der Waals surface area contributed by atoms with Gasteiger partial charge < -0.3 is 20.1 Å². The fourth-order valence-electron chi connectivity index (χ4n) is 3.98. The number of pyridine rings is 1. The maximum absolute atomic E-state index is 13.1. The lowest BCUT2D eigenvalue weighted by molar-refractivity contribution is 0.102. The summed E-state index contributed by atoms with van der Waals surface area (Å²) in [5, 5.41) is 7.55. The van der Waals surface area contributed by atoms with E-state index in [0.717, 1.165) is 38.1 Å².